The van der Waals surface area contributed by atoms with E-state index in [1.807, 2.05) is 67.7 Å². The fourth-order valence-corrected chi connectivity index (χ4v) is 4.36. The number of nitrogens with zero attached hydrogens (tertiary/aromatic N) is 1. The standard InChI is InChI=1S/C27H28N2O2/c1-18-17-27(2,3)28-22-16-15-21(20-13-9-10-14-23(20)31-5)25(24(18)22)26(30)29(4)19-11-7-6-8-12-19/h6-17,28H,1-5H3. The molecule has 0 saturated heterocycles. The van der Waals surface area contributed by atoms with Crippen molar-refractivity contribution < 1.29 is 9.53 Å². The van der Waals surface area contributed by atoms with Crippen molar-refractivity contribution in [2.75, 3.05) is 24.4 Å². The zero-order valence-electron chi connectivity index (χ0n) is 18.7. The second kappa shape index (κ2) is 7.95. The largest absolute Gasteiger partial charge is 0.496 e. The van der Waals surface area contributed by atoms with E-state index in [0.717, 1.165) is 39.4 Å². The Hall–Kier alpha value is -3.53. The second-order valence-corrected chi connectivity index (χ2v) is 8.48. The molecule has 0 unspecified atom stereocenters. The predicted octanol–water partition coefficient (Wildman–Crippen LogP) is 6.25. The van der Waals surface area contributed by atoms with E-state index in [1.54, 1.807) is 12.0 Å². The van der Waals surface area contributed by atoms with Gasteiger partial charge in [-0.25, -0.2) is 0 Å². The van der Waals surface area contributed by atoms with Crippen LogP contribution in [-0.4, -0.2) is 25.6 Å². The highest BCUT2D eigenvalue weighted by atomic mass is 16.5. The molecule has 0 fully saturated rings. The lowest BCUT2D eigenvalue weighted by molar-refractivity contribution is 0.0993. The Kier molecular flexibility index (Phi) is 5.32. The zero-order chi connectivity index (χ0) is 22.2. The molecular weight excluding hydrogens is 384 g/mol. The molecule has 4 heteroatoms. The average molecular weight is 413 g/mol. The minimum Gasteiger partial charge on any atom is -0.496 e. The Morgan fingerprint density at radius 3 is 2.32 bits per heavy atom. The van der Waals surface area contributed by atoms with Crippen molar-refractivity contribution in [3.05, 3.63) is 83.9 Å². The lowest BCUT2D eigenvalue weighted by Crippen LogP contribution is -2.34. The van der Waals surface area contributed by atoms with E-state index in [1.165, 1.54) is 0 Å². The molecule has 158 valence electrons. The van der Waals surface area contributed by atoms with Crippen LogP contribution in [-0.2, 0) is 0 Å². The molecule has 3 aromatic carbocycles. The molecule has 0 bridgehead atoms. The van der Waals surface area contributed by atoms with Crippen LogP contribution in [0.2, 0.25) is 0 Å². The van der Waals surface area contributed by atoms with Gasteiger partial charge in [0, 0.05) is 29.5 Å². The van der Waals surface area contributed by atoms with Crippen LogP contribution in [0.5, 0.6) is 5.75 Å². The third-order valence-electron chi connectivity index (χ3n) is 5.69. The molecule has 4 rings (SSSR count). The molecule has 31 heavy (non-hydrogen) atoms. The number of amides is 1. The lowest BCUT2D eigenvalue weighted by atomic mass is 9.84. The molecule has 0 aromatic heterocycles. The molecule has 4 nitrogen and oxygen atoms in total. The van der Waals surface area contributed by atoms with Gasteiger partial charge in [0.15, 0.2) is 0 Å². The molecule has 1 aliphatic rings. The Morgan fingerprint density at radius 1 is 0.935 bits per heavy atom. The summed E-state index contributed by atoms with van der Waals surface area (Å²) in [6.07, 6.45) is 2.18. The molecule has 0 spiro atoms. The average Bonchev–Trinajstić information content (AvgIpc) is 2.77. The van der Waals surface area contributed by atoms with Crippen LogP contribution in [0.1, 0.15) is 36.7 Å². The first-order valence-corrected chi connectivity index (χ1v) is 10.4. The molecule has 0 radical (unpaired) electrons. The predicted molar refractivity (Wildman–Crippen MR) is 129 cm³/mol. The molecule has 1 heterocycles. The van der Waals surface area contributed by atoms with Crippen molar-refractivity contribution >= 4 is 22.9 Å². The van der Waals surface area contributed by atoms with Gasteiger partial charge in [0.1, 0.15) is 5.75 Å². The summed E-state index contributed by atoms with van der Waals surface area (Å²) in [5.74, 6) is 0.683. The molecule has 1 aliphatic heterocycles. The number of nitrogens with one attached hydrogen (secondary N) is 1. The normalized spacial score (nSPS) is 14.2. The number of ether oxygens (including phenoxy) is 1. The van der Waals surface area contributed by atoms with Gasteiger partial charge in [0.25, 0.3) is 5.91 Å². The topological polar surface area (TPSA) is 41.6 Å². The van der Waals surface area contributed by atoms with Gasteiger partial charge in [-0.3, -0.25) is 4.79 Å². The summed E-state index contributed by atoms with van der Waals surface area (Å²) >= 11 is 0. The summed E-state index contributed by atoms with van der Waals surface area (Å²) in [5.41, 5.74) is 6.08. The number of hydrogen-bond donors (Lipinski definition) is 1. The van der Waals surface area contributed by atoms with Gasteiger partial charge in [-0.15, -0.1) is 0 Å². The van der Waals surface area contributed by atoms with Gasteiger partial charge in [0.05, 0.1) is 18.2 Å². The summed E-state index contributed by atoms with van der Waals surface area (Å²) < 4.78 is 5.63. The summed E-state index contributed by atoms with van der Waals surface area (Å²) in [6.45, 7) is 6.34. The highest BCUT2D eigenvalue weighted by molar-refractivity contribution is 6.14. The third-order valence-corrected chi connectivity index (χ3v) is 5.69. The SMILES string of the molecule is COc1ccccc1-c1ccc2c(c1C(=O)N(C)c1ccccc1)C(C)=CC(C)(C)N2. The van der Waals surface area contributed by atoms with Gasteiger partial charge in [-0.2, -0.15) is 0 Å². The summed E-state index contributed by atoms with van der Waals surface area (Å²) in [6, 6.07) is 21.6. The van der Waals surface area contributed by atoms with Crippen LogP contribution in [0.25, 0.3) is 16.7 Å². The summed E-state index contributed by atoms with van der Waals surface area (Å²) in [5, 5.41) is 3.57. The van der Waals surface area contributed by atoms with E-state index in [2.05, 4.69) is 38.2 Å². The maximum atomic E-state index is 13.9. The first kappa shape index (κ1) is 20.7. The van der Waals surface area contributed by atoms with E-state index < -0.39 is 0 Å². The van der Waals surface area contributed by atoms with E-state index in [0.29, 0.717) is 5.56 Å². The van der Waals surface area contributed by atoms with Crippen LogP contribution < -0.4 is 15.0 Å². The van der Waals surface area contributed by atoms with Crippen molar-refractivity contribution in [3.8, 4) is 16.9 Å². The number of allylic oxidation sites excluding steroid dienone is 1. The van der Waals surface area contributed by atoms with E-state index in [9.17, 15) is 4.79 Å². The fraction of sp³-hybridized carbons (Fsp3) is 0.222. The van der Waals surface area contributed by atoms with Gasteiger partial charge >= 0.3 is 0 Å². The molecule has 0 atom stereocenters. The minimum absolute atomic E-state index is 0.0572. The Bertz CT molecular complexity index is 1160. The number of rotatable bonds is 4. The van der Waals surface area contributed by atoms with Crippen LogP contribution >= 0.6 is 0 Å². The first-order chi connectivity index (χ1) is 14.8. The van der Waals surface area contributed by atoms with Crippen molar-refractivity contribution in [2.24, 2.45) is 0 Å². The number of carbonyl (C=O) groups excluding carboxylic acids is 1. The van der Waals surface area contributed by atoms with E-state index in [4.69, 9.17) is 4.74 Å². The van der Waals surface area contributed by atoms with Crippen molar-refractivity contribution in [1.29, 1.82) is 0 Å². The Balaban J connectivity index is 1.98. The molecule has 0 aliphatic carbocycles. The first-order valence-electron chi connectivity index (χ1n) is 10.4. The minimum atomic E-state index is -0.186. The number of methoxy groups -OCH3 is 1. The highest BCUT2D eigenvalue weighted by Gasteiger charge is 2.30. The zero-order valence-corrected chi connectivity index (χ0v) is 18.7. The van der Waals surface area contributed by atoms with E-state index in [-0.39, 0.29) is 11.4 Å². The number of para-hydroxylation sites is 2. The smallest absolute Gasteiger partial charge is 0.259 e. The molecule has 3 aromatic rings. The molecule has 0 saturated carbocycles. The maximum absolute atomic E-state index is 13.9. The van der Waals surface area contributed by atoms with Crippen molar-refractivity contribution in [1.82, 2.24) is 0 Å². The number of hydrogen-bond acceptors (Lipinski definition) is 3. The Labute approximate surface area is 184 Å². The van der Waals surface area contributed by atoms with Gasteiger partial charge < -0.3 is 15.0 Å². The van der Waals surface area contributed by atoms with Crippen molar-refractivity contribution in [3.63, 3.8) is 0 Å². The van der Waals surface area contributed by atoms with Crippen LogP contribution in [0, 0.1) is 0 Å². The fourth-order valence-electron chi connectivity index (χ4n) is 4.36. The number of fused-ring (bicyclic) bond motifs is 1. The number of carbonyl (C=O) groups is 1. The monoisotopic (exact) mass is 412 g/mol. The van der Waals surface area contributed by atoms with Gasteiger partial charge in [-0.05, 0) is 56.2 Å². The Morgan fingerprint density at radius 2 is 1.61 bits per heavy atom. The van der Waals surface area contributed by atoms with Crippen LogP contribution in [0.4, 0.5) is 11.4 Å². The number of anilines is 2. The number of benzene rings is 3. The highest BCUT2D eigenvalue weighted by Crippen LogP contribution is 2.42. The summed E-state index contributed by atoms with van der Waals surface area (Å²) in [7, 11) is 3.48. The van der Waals surface area contributed by atoms with Gasteiger partial charge in [-0.1, -0.05) is 48.5 Å². The summed E-state index contributed by atoms with van der Waals surface area (Å²) in [4.78, 5) is 15.7. The van der Waals surface area contributed by atoms with Crippen LogP contribution in [0.3, 0.4) is 0 Å². The molecular formula is C27H28N2O2. The molecule has 1 N–H and O–H groups in total. The quantitative estimate of drug-likeness (QED) is 0.551. The van der Waals surface area contributed by atoms with Crippen LogP contribution in [0.15, 0.2) is 72.8 Å². The van der Waals surface area contributed by atoms with Crippen molar-refractivity contribution in [2.45, 2.75) is 26.3 Å². The maximum Gasteiger partial charge on any atom is 0.259 e. The van der Waals surface area contributed by atoms with Gasteiger partial charge in [0.2, 0.25) is 0 Å². The van der Waals surface area contributed by atoms with E-state index >= 15 is 0 Å². The second-order valence-electron chi connectivity index (χ2n) is 8.48. The third kappa shape index (κ3) is 3.81. The lowest BCUT2D eigenvalue weighted by Gasteiger charge is -2.34. The molecule has 1 amide bonds.